The largest absolute Gasteiger partial charge is 0.488 e. The lowest BCUT2D eigenvalue weighted by Crippen LogP contribution is -2.19. The number of aryl methyl sites for hydroxylation is 1. The number of rotatable bonds is 10. The quantitative estimate of drug-likeness (QED) is 0.474. The molecular weight excluding hydrogens is 442 g/mol. The predicted molar refractivity (Wildman–Crippen MR) is 127 cm³/mol. The Morgan fingerprint density at radius 3 is 2.39 bits per heavy atom. The topological polar surface area (TPSA) is 99.6 Å². The van der Waals surface area contributed by atoms with Crippen LogP contribution in [0.25, 0.3) is 0 Å². The van der Waals surface area contributed by atoms with Gasteiger partial charge >= 0.3 is 0 Å². The zero-order valence-electron chi connectivity index (χ0n) is 19.0. The average molecular weight is 470 g/mol. The van der Waals surface area contributed by atoms with Crippen LogP contribution in [0.15, 0.2) is 59.8 Å². The zero-order chi connectivity index (χ0) is 23.8. The van der Waals surface area contributed by atoms with Crippen molar-refractivity contribution in [2.45, 2.75) is 31.3 Å². The Hall–Kier alpha value is -3.30. The van der Waals surface area contributed by atoms with Gasteiger partial charge in [0.05, 0.1) is 24.7 Å². The standard InChI is InChI=1S/C24H27N3O5S/c1-5-18-13-26-23(14-25-18)27-24(28)17-10-20(31-16(2)15-30-3)12-21(11-17)32-19-6-8-22(9-7-19)33(4)29/h6-14,16H,5,15H2,1-4H3,(H,26,27,28)/t16-,33?/m0/s1. The summed E-state index contributed by atoms with van der Waals surface area (Å²) in [5.41, 5.74) is 1.17. The number of aromatic nitrogens is 2. The maximum absolute atomic E-state index is 12.9. The van der Waals surface area contributed by atoms with Gasteiger partial charge in [-0.3, -0.25) is 14.0 Å². The predicted octanol–water partition coefficient (Wildman–Crippen LogP) is 4.23. The molecule has 8 nitrogen and oxygen atoms in total. The normalized spacial score (nSPS) is 12.6. The second kappa shape index (κ2) is 11.5. The van der Waals surface area contributed by atoms with Crippen molar-refractivity contribution in [3.05, 3.63) is 66.1 Å². The molecule has 0 saturated heterocycles. The van der Waals surface area contributed by atoms with Crippen molar-refractivity contribution in [3.63, 3.8) is 0 Å². The van der Waals surface area contributed by atoms with Crippen molar-refractivity contribution >= 4 is 22.5 Å². The van der Waals surface area contributed by atoms with Gasteiger partial charge in [-0.1, -0.05) is 6.92 Å². The molecule has 0 aliphatic carbocycles. The minimum atomic E-state index is -1.08. The first kappa shape index (κ1) is 24.3. The molecule has 1 amide bonds. The molecule has 1 N–H and O–H groups in total. The van der Waals surface area contributed by atoms with Gasteiger partial charge in [0.2, 0.25) is 0 Å². The summed E-state index contributed by atoms with van der Waals surface area (Å²) in [6.07, 6.45) is 5.30. The molecule has 0 bridgehead atoms. The van der Waals surface area contributed by atoms with Crippen molar-refractivity contribution < 1.29 is 23.2 Å². The minimum Gasteiger partial charge on any atom is -0.488 e. The fourth-order valence-electron chi connectivity index (χ4n) is 2.96. The molecule has 0 aliphatic rings. The number of carbonyl (C=O) groups is 1. The molecule has 9 heteroatoms. The first-order chi connectivity index (χ1) is 15.9. The number of benzene rings is 2. The number of nitrogens with one attached hydrogen (secondary N) is 1. The number of carbonyl (C=O) groups excluding carboxylic acids is 1. The molecule has 0 fully saturated rings. The first-order valence-corrected chi connectivity index (χ1v) is 12.0. The third kappa shape index (κ3) is 7.10. The van der Waals surface area contributed by atoms with Crippen molar-refractivity contribution in [2.24, 2.45) is 0 Å². The van der Waals surface area contributed by atoms with Gasteiger partial charge in [-0.25, -0.2) is 4.98 Å². The maximum Gasteiger partial charge on any atom is 0.257 e. The van der Waals surface area contributed by atoms with E-state index in [4.69, 9.17) is 14.2 Å². The summed E-state index contributed by atoms with van der Waals surface area (Å²) in [5.74, 6) is 1.39. The number of hydrogen-bond acceptors (Lipinski definition) is 7. The number of amides is 1. The monoisotopic (exact) mass is 469 g/mol. The highest BCUT2D eigenvalue weighted by Gasteiger charge is 2.14. The Balaban J connectivity index is 1.85. The molecule has 174 valence electrons. The lowest BCUT2D eigenvalue weighted by molar-refractivity contribution is 0.0915. The number of ether oxygens (including phenoxy) is 3. The van der Waals surface area contributed by atoms with Gasteiger partial charge in [-0.15, -0.1) is 0 Å². The van der Waals surface area contributed by atoms with Crippen LogP contribution in [-0.4, -0.2) is 46.2 Å². The molecule has 1 unspecified atom stereocenters. The highest BCUT2D eigenvalue weighted by Crippen LogP contribution is 2.29. The number of nitrogens with zero attached hydrogens (tertiary/aromatic N) is 2. The summed E-state index contributed by atoms with van der Waals surface area (Å²) in [7, 11) is 0.514. The van der Waals surface area contributed by atoms with Gasteiger partial charge in [-0.2, -0.15) is 0 Å². The second-order valence-corrected chi connectivity index (χ2v) is 8.68. The van der Waals surface area contributed by atoms with Crippen LogP contribution in [0.2, 0.25) is 0 Å². The van der Waals surface area contributed by atoms with E-state index in [1.165, 1.54) is 6.20 Å². The van der Waals surface area contributed by atoms with Crippen LogP contribution in [-0.2, 0) is 22.0 Å². The van der Waals surface area contributed by atoms with E-state index in [0.717, 1.165) is 12.1 Å². The first-order valence-electron chi connectivity index (χ1n) is 10.4. The molecule has 2 atom stereocenters. The van der Waals surface area contributed by atoms with Crippen LogP contribution in [0.3, 0.4) is 0 Å². The van der Waals surface area contributed by atoms with Gasteiger partial charge < -0.3 is 19.5 Å². The summed E-state index contributed by atoms with van der Waals surface area (Å²) >= 11 is 0. The smallest absolute Gasteiger partial charge is 0.257 e. The zero-order valence-corrected chi connectivity index (χ0v) is 19.8. The van der Waals surface area contributed by atoms with Crippen LogP contribution in [0.4, 0.5) is 5.82 Å². The third-order valence-electron chi connectivity index (χ3n) is 4.58. The van der Waals surface area contributed by atoms with Gasteiger partial charge in [0.1, 0.15) is 23.4 Å². The van der Waals surface area contributed by atoms with Gasteiger partial charge in [0.15, 0.2) is 5.82 Å². The number of anilines is 1. The van der Waals surface area contributed by atoms with Crippen LogP contribution >= 0.6 is 0 Å². The van der Waals surface area contributed by atoms with E-state index in [1.807, 2.05) is 13.8 Å². The Morgan fingerprint density at radius 2 is 1.79 bits per heavy atom. The Kier molecular flexibility index (Phi) is 8.51. The Labute approximate surface area is 195 Å². The summed E-state index contributed by atoms with van der Waals surface area (Å²) in [4.78, 5) is 22.1. The van der Waals surface area contributed by atoms with Gasteiger partial charge in [0.25, 0.3) is 5.91 Å². The summed E-state index contributed by atoms with van der Waals surface area (Å²) in [5, 5.41) is 2.74. The fraction of sp³-hybridized carbons (Fsp3) is 0.292. The molecule has 3 rings (SSSR count). The van der Waals surface area contributed by atoms with Crippen molar-refractivity contribution in [1.82, 2.24) is 9.97 Å². The molecule has 1 aromatic heterocycles. The van der Waals surface area contributed by atoms with E-state index in [-0.39, 0.29) is 12.0 Å². The van der Waals surface area contributed by atoms with E-state index in [9.17, 15) is 9.00 Å². The molecule has 2 aromatic carbocycles. The lowest BCUT2D eigenvalue weighted by atomic mass is 10.2. The Morgan fingerprint density at radius 1 is 1.06 bits per heavy atom. The molecule has 0 saturated carbocycles. The van der Waals surface area contributed by atoms with Crippen LogP contribution in [0.1, 0.15) is 29.9 Å². The maximum atomic E-state index is 12.9. The molecule has 0 radical (unpaired) electrons. The molecule has 0 aliphatic heterocycles. The highest BCUT2D eigenvalue weighted by atomic mass is 32.2. The highest BCUT2D eigenvalue weighted by molar-refractivity contribution is 7.84. The van der Waals surface area contributed by atoms with E-state index < -0.39 is 10.8 Å². The van der Waals surface area contributed by atoms with Crippen LogP contribution in [0, 0.1) is 0 Å². The average Bonchev–Trinajstić information content (AvgIpc) is 2.80. The van der Waals surface area contributed by atoms with Gasteiger partial charge in [0, 0.05) is 40.7 Å². The minimum absolute atomic E-state index is 0.229. The van der Waals surface area contributed by atoms with Crippen molar-refractivity contribution in [1.29, 1.82) is 0 Å². The summed E-state index contributed by atoms with van der Waals surface area (Å²) in [6.45, 7) is 4.24. The summed E-state index contributed by atoms with van der Waals surface area (Å²) in [6, 6.07) is 11.9. The van der Waals surface area contributed by atoms with E-state index in [2.05, 4.69) is 15.3 Å². The number of methoxy groups -OCH3 is 1. The number of hydrogen-bond donors (Lipinski definition) is 1. The molecular formula is C24H27N3O5S. The SMILES string of the molecule is CCc1cnc(NC(=O)c2cc(Oc3ccc(S(C)=O)cc3)cc(O[C@@H](C)COC)c2)cn1. The van der Waals surface area contributed by atoms with Crippen molar-refractivity contribution in [3.8, 4) is 17.2 Å². The van der Waals surface area contributed by atoms with Crippen LogP contribution in [0.5, 0.6) is 17.2 Å². The summed E-state index contributed by atoms with van der Waals surface area (Å²) < 4.78 is 28.6. The fourth-order valence-corrected chi connectivity index (χ4v) is 3.48. The molecule has 1 heterocycles. The van der Waals surface area contributed by atoms with E-state index >= 15 is 0 Å². The molecule has 33 heavy (non-hydrogen) atoms. The van der Waals surface area contributed by atoms with Crippen molar-refractivity contribution in [2.75, 3.05) is 25.3 Å². The van der Waals surface area contributed by atoms with Gasteiger partial charge in [-0.05, 0) is 49.7 Å². The van der Waals surface area contributed by atoms with E-state index in [1.54, 1.807) is 62.0 Å². The van der Waals surface area contributed by atoms with E-state index in [0.29, 0.717) is 40.1 Å². The third-order valence-corrected chi connectivity index (χ3v) is 5.52. The molecule has 3 aromatic rings. The second-order valence-electron chi connectivity index (χ2n) is 7.31. The lowest BCUT2D eigenvalue weighted by Gasteiger charge is -2.16. The Bertz CT molecular complexity index is 1100. The molecule has 0 spiro atoms. The van der Waals surface area contributed by atoms with Crippen LogP contribution < -0.4 is 14.8 Å².